The van der Waals surface area contributed by atoms with Gasteiger partial charge in [-0.3, -0.25) is 0 Å². The van der Waals surface area contributed by atoms with Gasteiger partial charge in [0.05, 0.1) is 6.04 Å². The molecule has 1 saturated carbocycles. The average molecular weight is 212 g/mol. The lowest BCUT2D eigenvalue weighted by molar-refractivity contribution is -0.0891. The standard InChI is InChI=1S/C9H15F2N.ClH/c10-9(11)5-2-6-12-8(9)7-3-1-4-7;/h7-8,12H,1-6H2;1H. The molecule has 1 aliphatic heterocycles. The molecule has 1 N–H and O–H groups in total. The third kappa shape index (κ3) is 2.13. The molecule has 0 radical (unpaired) electrons. The van der Waals surface area contributed by atoms with Crippen molar-refractivity contribution in [2.75, 3.05) is 6.54 Å². The maximum Gasteiger partial charge on any atom is 0.263 e. The van der Waals surface area contributed by atoms with Gasteiger partial charge < -0.3 is 5.32 Å². The van der Waals surface area contributed by atoms with Gasteiger partial charge >= 0.3 is 0 Å². The van der Waals surface area contributed by atoms with Crippen LogP contribution in [-0.4, -0.2) is 18.5 Å². The molecule has 0 amide bonds. The number of halogens is 3. The summed E-state index contributed by atoms with van der Waals surface area (Å²) in [5.41, 5.74) is 0. The molecule has 2 aliphatic rings. The highest BCUT2D eigenvalue weighted by Crippen LogP contribution is 2.40. The molecular formula is C9H16ClF2N. The van der Waals surface area contributed by atoms with Gasteiger partial charge in [0.15, 0.2) is 0 Å². The molecule has 78 valence electrons. The SMILES string of the molecule is Cl.FC1(F)CCCNC1C1CCC1. The number of alkyl halides is 2. The van der Waals surface area contributed by atoms with Crippen molar-refractivity contribution in [3.05, 3.63) is 0 Å². The number of hydrogen-bond donors (Lipinski definition) is 1. The highest BCUT2D eigenvalue weighted by atomic mass is 35.5. The van der Waals surface area contributed by atoms with E-state index in [2.05, 4.69) is 5.32 Å². The Labute approximate surface area is 83.7 Å². The molecule has 0 spiro atoms. The first-order valence-electron chi connectivity index (χ1n) is 4.81. The number of rotatable bonds is 1. The molecule has 0 aromatic rings. The van der Waals surface area contributed by atoms with Gasteiger partial charge in [-0.25, -0.2) is 8.78 Å². The van der Waals surface area contributed by atoms with Crippen molar-refractivity contribution in [3.8, 4) is 0 Å². The summed E-state index contributed by atoms with van der Waals surface area (Å²) in [6, 6.07) is -0.514. The van der Waals surface area contributed by atoms with Crippen LogP contribution in [0.3, 0.4) is 0 Å². The number of piperidine rings is 1. The summed E-state index contributed by atoms with van der Waals surface area (Å²) in [5, 5.41) is 2.96. The second-order valence-electron chi connectivity index (χ2n) is 3.99. The van der Waals surface area contributed by atoms with Crippen LogP contribution in [0.5, 0.6) is 0 Å². The Bertz CT molecular complexity index is 171. The van der Waals surface area contributed by atoms with Crippen LogP contribution in [0, 0.1) is 5.92 Å². The van der Waals surface area contributed by atoms with E-state index in [1.165, 1.54) is 0 Å². The van der Waals surface area contributed by atoms with E-state index in [4.69, 9.17) is 0 Å². The minimum Gasteiger partial charge on any atom is -0.308 e. The maximum absolute atomic E-state index is 13.3. The topological polar surface area (TPSA) is 12.0 Å². The lowest BCUT2D eigenvalue weighted by Gasteiger charge is -2.41. The van der Waals surface area contributed by atoms with Crippen LogP contribution < -0.4 is 5.32 Å². The van der Waals surface area contributed by atoms with E-state index >= 15 is 0 Å². The fourth-order valence-corrected chi connectivity index (χ4v) is 2.17. The molecular weight excluding hydrogens is 196 g/mol. The highest BCUT2D eigenvalue weighted by molar-refractivity contribution is 5.85. The van der Waals surface area contributed by atoms with E-state index in [0.717, 1.165) is 25.8 Å². The van der Waals surface area contributed by atoms with E-state index < -0.39 is 12.0 Å². The Morgan fingerprint density at radius 3 is 2.31 bits per heavy atom. The first-order chi connectivity index (χ1) is 5.70. The number of hydrogen-bond acceptors (Lipinski definition) is 1. The number of nitrogens with one attached hydrogen (secondary N) is 1. The zero-order valence-corrected chi connectivity index (χ0v) is 8.38. The highest BCUT2D eigenvalue weighted by Gasteiger charge is 2.46. The molecule has 13 heavy (non-hydrogen) atoms. The van der Waals surface area contributed by atoms with Crippen molar-refractivity contribution < 1.29 is 8.78 Å². The van der Waals surface area contributed by atoms with Crippen molar-refractivity contribution in [1.29, 1.82) is 0 Å². The zero-order valence-electron chi connectivity index (χ0n) is 7.56. The van der Waals surface area contributed by atoms with Crippen molar-refractivity contribution in [2.45, 2.75) is 44.1 Å². The molecule has 1 saturated heterocycles. The predicted octanol–water partition coefficient (Wildman–Crippen LogP) is 2.60. The van der Waals surface area contributed by atoms with Crippen molar-refractivity contribution in [3.63, 3.8) is 0 Å². The maximum atomic E-state index is 13.3. The third-order valence-corrected chi connectivity index (χ3v) is 3.13. The summed E-state index contributed by atoms with van der Waals surface area (Å²) in [7, 11) is 0. The quantitative estimate of drug-likeness (QED) is 0.703. The second kappa shape index (κ2) is 4.09. The first-order valence-corrected chi connectivity index (χ1v) is 4.81. The van der Waals surface area contributed by atoms with Gasteiger partial charge in [-0.15, -0.1) is 12.4 Å². The third-order valence-electron chi connectivity index (χ3n) is 3.13. The Hall–Kier alpha value is 0.110. The molecule has 0 bridgehead atoms. The Kier molecular flexibility index (Phi) is 3.52. The van der Waals surface area contributed by atoms with E-state index in [0.29, 0.717) is 6.42 Å². The summed E-state index contributed by atoms with van der Waals surface area (Å²) in [6.45, 7) is 0.775. The molecule has 0 aromatic carbocycles. The van der Waals surface area contributed by atoms with Gasteiger partial charge in [-0.05, 0) is 31.7 Å². The Balaban J connectivity index is 0.000000845. The van der Waals surface area contributed by atoms with Gasteiger partial charge in [0, 0.05) is 6.42 Å². The van der Waals surface area contributed by atoms with E-state index in [1.807, 2.05) is 0 Å². The smallest absolute Gasteiger partial charge is 0.263 e. The summed E-state index contributed by atoms with van der Waals surface area (Å²) >= 11 is 0. The molecule has 1 unspecified atom stereocenters. The van der Waals surface area contributed by atoms with Crippen LogP contribution >= 0.6 is 12.4 Å². The van der Waals surface area contributed by atoms with Crippen molar-refractivity contribution in [1.82, 2.24) is 5.32 Å². The molecule has 4 heteroatoms. The molecule has 1 aliphatic carbocycles. The lowest BCUT2D eigenvalue weighted by Crippen LogP contribution is -2.55. The van der Waals surface area contributed by atoms with E-state index in [-0.39, 0.29) is 24.7 Å². The minimum absolute atomic E-state index is 0. The molecule has 0 aromatic heterocycles. The summed E-state index contributed by atoms with van der Waals surface area (Å²) < 4.78 is 26.6. The molecule has 1 heterocycles. The van der Waals surface area contributed by atoms with E-state index in [1.54, 1.807) is 0 Å². The van der Waals surface area contributed by atoms with Crippen molar-refractivity contribution in [2.24, 2.45) is 5.92 Å². The summed E-state index contributed by atoms with van der Waals surface area (Å²) in [5.74, 6) is -2.19. The van der Waals surface area contributed by atoms with Gasteiger partial charge in [-0.2, -0.15) is 0 Å². The molecule has 2 fully saturated rings. The van der Waals surface area contributed by atoms with Gasteiger partial charge in [0.25, 0.3) is 5.92 Å². The van der Waals surface area contributed by atoms with Crippen LogP contribution in [0.15, 0.2) is 0 Å². The monoisotopic (exact) mass is 211 g/mol. The average Bonchev–Trinajstić information content (AvgIpc) is 1.89. The normalized spacial score (nSPS) is 33.2. The lowest BCUT2D eigenvalue weighted by atomic mass is 9.75. The van der Waals surface area contributed by atoms with Crippen LogP contribution in [0.2, 0.25) is 0 Å². The summed E-state index contributed by atoms with van der Waals surface area (Å²) in [6.07, 6.45) is 3.83. The Morgan fingerprint density at radius 2 is 1.85 bits per heavy atom. The van der Waals surface area contributed by atoms with Crippen LogP contribution in [0.4, 0.5) is 8.78 Å². The van der Waals surface area contributed by atoms with Crippen LogP contribution in [-0.2, 0) is 0 Å². The first kappa shape index (κ1) is 11.2. The van der Waals surface area contributed by atoms with Crippen molar-refractivity contribution >= 4 is 12.4 Å². The fraction of sp³-hybridized carbons (Fsp3) is 1.00. The van der Waals surface area contributed by atoms with Gasteiger partial charge in [0.2, 0.25) is 0 Å². The molecule has 2 rings (SSSR count). The van der Waals surface area contributed by atoms with Crippen LogP contribution in [0.1, 0.15) is 32.1 Å². The second-order valence-corrected chi connectivity index (χ2v) is 3.99. The fourth-order valence-electron chi connectivity index (χ4n) is 2.17. The van der Waals surface area contributed by atoms with Gasteiger partial charge in [0.1, 0.15) is 0 Å². The zero-order chi connectivity index (χ0) is 8.60. The van der Waals surface area contributed by atoms with Gasteiger partial charge in [-0.1, -0.05) is 6.42 Å². The van der Waals surface area contributed by atoms with Crippen LogP contribution in [0.25, 0.3) is 0 Å². The Morgan fingerprint density at radius 1 is 1.15 bits per heavy atom. The predicted molar refractivity (Wildman–Crippen MR) is 50.6 cm³/mol. The minimum atomic E-state index is -2.44. The molecule has 1 nitrogen and oxygen atoms in total. The van der Waals surface area contributed by atoms with E-state index in [9.17, 15) is 8.78 Å². The largest absolute Gasteiger partial charge is 0.308 e. The summed E-state index contributed by atoms with van der Waals surface area (Å²) in [4.78, 5) is 0. The molecule has 1 atom stereocenters.